The van der Waals surface area contributed by atoms with Gasteiger partial charge in [0.2, 0.25) is 0 Å². The fourth-order valence-electron chi connectivity index (χ4n) is 2.57. The monoisotopic (exact) mass is 407 g/mol. The Kier molecular flexibility index (Phi) is 5.33. The number of ether oxygens (including phenoxy) is 1. The number of methoxy groups -OCH3 is 1. The number of anilines is 1. The maximum atomic E-state index is 13.0. The highest BCUT2D eigenvalue weighted by atomic mass is 35.5. The number of halogens is 1. The number of nitrogens with zero attached hydrogens (tertiary/aromatic N) is 4. The van der Waals surface area contributed by atoms with Crippen molar-refractivity contribution in [2.24, 2.45) is 0 Å². The second kappa shape index (κ2) is 7.53. The summed E-state index contributed by atoms with van der Waals surface area (Å²) in [5, 5.41) is 11.8. The second-order valence-electron chi connectivity index (χ2n) is 5.77. The van der Waals surface area contributed by atoms with Crippen molar-refractivity contribution in [2.45, 2.75) is 25.3 Å². The number of aromatic nitrogens is 4. The van der Waals surface area contributed by atoms with Crippen LogP contribution < -0.4 is 9.46 Å². The lowest BCUT2D eigenvalue weighted by Gasteiger charge is -2.14. The molecule has 0 aliphatic carbocycles. The number of nitrogens with one attached hydrogen (secondary N) is 1. The van der Waals surface area contributed by atoms with Gasteiger partial charge >= 0.3 is 0 Å². The zero-order valence-corrected chi connectivity index (χ0v) is 16.5. The van der Waals surface area contributed by atoms with Crippen molar-refractivity contribution < 1.29 is 13.2 Å². The average molecular weight is 408 g/mol. The lowest BCUT2D eigenvalue weighted by Crippen LogP contribution is -2.15. The van der Waals surface area contributed by atoms with E-state index < -0.39 is 10.0 Å². The summed E-state index contributed by atoms with van der Waals surface area (Å²) in [5.74, 6) is 0.663. The predicted octanol–water partition coefficient (Wildman–Crippen LogP) is 3.13. The third-order valence-electron chi connectivity index (χ3n) is 3.91. The van der Waals surface area contributed by atoms with Crippen LogP contribution in [0.5, 0.6) is 5.75 Å². The third kappa shape index (κ3) is 3.88. The van der Waals surface area contributed by atoms with E-state index in [9.17, 15) is 8.42 Å². The largest absolute Gasteiger partial charge is 0.495 e. The van der Waals surface area contributed by atoms with Gasteiger partial charge in [-0.1, -0.05) is 17.7 Å². The van der Waals surface area contributed by atoms with Gasteiger partial charge in [0.15, 0.2) is 5.82 Å². The molecule has 3 aromatic rings. The van der Waals surface area contributed by atoms with Crippen molar-refractivity contribution >= 4 is 27.3 Å². The van der Waals surface area contributed by atoms with Gasteiger partial charge in [0.25, 0.3) is 10.0 Å². The van der Waals surface area contributed by atoms with E-state index in [1.54, 1.807) is 35.0 Å². The molecule has 0 amide bonds. The van der Waals surface area contributed by atoms with Crippen LogP contribution in [0.25, 0.3) is 11.4 Å². The Morgan fingerprint density at radius 2 is 2.00 bits per heavy atom. The molecule has 3 rings (SSSR count). The Balaban J connectivity index is 2.08. The van der Waals surface area contributed by atoms with Crippen molar-refractivity contribution in [2.75, 3.05) is 11.8 Å². The molecule has 2 aromatic carbocycles. The van der Waals surface area contributed by atoms with Crippen molar-refractivity contribution in [1.29, 1.82) is 0 Å². The van der Waals surface area contributed by atoms with E-state index in [0.29, 0.717) is 28.6 Å². The summed E-state index contributed by atoms with van der Waals surface area (Å²) in [6.45, 7) is 4.29. The van der Waals surface area contributed by atoms with Gasteiger partial charge in [0.1, 0.15) is 10.6 Å². The Bertz CT molecular complexity index is 1080. The molecule has 0 spiro atoms. The summed E-state index contributed by atoms with van der Waals surface area (Å²) in [5.41, 5.74) is 1.72. The van der Waals surface area contributed by atoms with E-state index in [4.69, 9.17) is 16.3 Å². The number of tetrazole rings is 1. The van der Waals surface area contributed by atoms with Crippen LogP contribution in [0.1, 0.15) is 12.5 Å². The fourth-order valence-corrected chi connectivity index (χ4v) is 4.05. The smallest absolute Gasteiger partial charge is 0.265 e. The zero-order valence-electron chi connectivity index (χ0n) is 15.0. The summed E-state index contributed by atoms with van der Waals surface area (Å²) in [4.78, 5) is -0.0364. The Morgan fingerprint density at radius 3 is 2.70 bits per heavy atom. The van der Waals surface area contributed by atoms with Gasteiger partial charge in [0, 0.05) is 12.1 Å². The molecule has 0 unspecified atom stereocenters. The van der Waals surface area contributed by atoms with Crippen LogP contribution in [0.15, 0.2) is 41.3 Å². The molecule has 142 valence electrons. The SMILES string of the molecule is CCn1nnnc1-c1ccc(OC)c(S(=O)(=O)Nc2cc(C)ccc2Cl)c1. The van der Waals surface area contributed by atoms with Gasteiger partial charge < -0.3 is 4.74 Å². The predicted molar refractivity (Wildman–Crippen MR) is 102 cm³/mol. The number of hydrogen-bond donors (Lipinski definition) is 1. The Hall–Kier alpha value is -2.65. The van der Waals surface area contributed by atoms with Gasteiger partial charge in [-0.05, 0) is 60.2 Å². The van der Waals surface area contributed by atoms with Gasteiger partial charge in [-0.3, -0.25) is 4.72 Å². The van der Waals surface area contributed by atoms with Gasteiger partial charge in [0.05, 0.1) is 17.8 Å². The summed E-state index contributed by atoms with van der Waals surface area (Å²) in [7, 11) is -2.56. The van der Waals surface area contributed by atoms with E-state index in [1.807, 2.05) is 13.8 Å². The lowest BCUT2D eigenvalue weighted by atomic mass is 10.2. The summed E-state index contributed by atoms with van der Waals surface area (Å²) in [6, 6.07) is 9.84. The molecule has 27 heavy (non-hydrogen) atoms. The Morgan fingerprint density at radius 1 is 1.22 bits per heavy atom. The molecular formula is C17H18ClN5O3S. The van der Waals surface area contributed by atoms with Crippen LogP contribution in [0.2, 0.25) is 5.02 Å². The van der Waals surface area contributed by atoms with Crippen LogP contribution in [0.3, 0.4) is 0 Å². The summed E-state index contributed by atoms with van der Waals surface area (Å²) in [6.07, 6.45) is 0. The molecule has 0 aliphatic heterocycles. The van der Waals surface area contributed by atoms with Crippen LogP contribution in [-0.2, 0) is 16.6 Å². The first kappa shape index (κ1) is 19.1. The lowest BCUT2D eigenvalue weighted by molar-refractivity contribution is 0.403. The van der Waals surface area contributed by atoms with E-state index in [0.717, 1.165) is 5.56 Å². The number of aryl methyl sites for hydroxylation is 2. The highest BCUT2D eigenvalue weighted by molar-refractivity contribution is 7.92. The molecule has 0 radical (unpaired) electrons. The first-order valence-electron chi connectivity index (χ1n) is 8.09. The van der Waals surface area contributed by atoms with Crippen molar-refractivity contribution in [3.05, 3.63) is 47.0 Å². The maximum absolute atomic E-state index is 13.0. The van der Waals surface area contributed by atoms with Crippen LogP contribution in [0.4, 0.5) is 5.69 Å². The molecule has 0 saturated heterocycles. The molecule has 0 saturated carbocycles. The van der Waals surface area contributed by atoms with E-state index >= 15 is 0 Å². The fraction of sp³-hybridized carbons (Fsp3) is 0.235. The highest BCUT2D eigenvalue weighted by Crippen LogP contribution is 2.32. The maximum Gasteiger partial charge on any atom is 0.265 e. The van der Waals surface area contributed by atoms with Crippen molar-refractivity contribution in [3.8, 4) is 17.1 Å². The van der Waals surface area contributed by atoms with E-state index in [-0.39, 0.29) is 10.6 Å². The minimum Gasteiger partial charge on any atom is -0.495 e. The molecule has 1 heterocycles. The van der Waals surface area contributed by atoms with Crippen LogP contribution in [-0.4, -0.2) is 35.7 Å². The zero-order chi connectivity index (χ0) is 19.6. The highest BCUT2D eigenvalue weighted by Gasteiger charge is 2.23. The first-order valence-corrected chi connectivity index (χ1v) is 9.95. The summed E-state index contributed by atoms with van der Waals surface area (Å²) < 4.78 is 35.4. The molecule has 0 bridgehead atoms. The molecule has 0 aliphatic rings. The number of sulfonamides is 1. The number of benzene rings is 2. The van der Waals surface area contributed by atoms with Crippen molar-refractivity contribution in [3.63, 3.8) is 0 Å². The normalized spacial score (nSPS) is 11.4. The van der Waals surface area contributed by atoms with Crippen LogP contribution >= 0.6 is 11.6 Å². The molecule has 0 fully saturated rings. The van der Waals surface area contributed by atoms with Gasteiger partial charge in [-0.15, -0.1) is 5.10 Å². The van der Waals surface area contributed by atoms with Gasteiger partial charge in [-0.25, -0.2) is 13.1 Å². The molecule has 1 N–H and O–H groups in total. The average Bonchev–Trinajstić information content (AvgIpc) is 3.12. The minimum absolute atomic E-state index is 0.0364. The topological polar surface area (TPSA) is 99.0 Å². The van der Waals surface area contributed by atoms with Gasteiger partial charge in [-0.2, -0.15) is 0 Å². The third-order valence-corrected chi connectivity index (χ3v) is 5.63. The molecular weight excluding hydrogens is 390 g/mol. The molecule has 1 aromatic heterocycles. The van der Waals surface area contributed by atoms with Crippen LogP contribution in [0, 0.1) is 6.92 Å². The molecule has 10 heteroatoms. The van der Waals surface area contributed by atoms with E-state index in [2.05, 4.69) is 20.2 Å². The molecule has 8 nitrogen and oxygen atoms in total. The number of hydrogen-bond acceptors (Lipinski definition) is 6. The Labute approximate surface area is 162 Å². The second-order valence-corrected chi connectivity index (χ2v) is 7.83. The standard InChI is InChI=1S/C17H18ClN5O3S/c1-4-23-17(19-21-22-23)12-6-8-15(26-3)16(10-12)27(24,25)20-14-9-11(2)5-7-13(14)18/h5-10,20H,4H2,1-3H3. The minimum atomic E-state index is -3.97. The molecule has 0 atom stereocenters. The van der Waals surface area contributed by atoms with Crippen molar-refractivity contribution in [1.82, 2.24) is 20.2 Å². The summed E-state index contributed by atoms with van der Waals surface area (Å²) >= 11 is 6.13. The first-order chi connectivity index (χ1) is 12.9. The number of rotatable bonds is 6. The van der Waals surface area contributed by atoms with E-state index in [1.165, 1.54) is 13.2 Å². The quantitative estimate of drug-likeness (QED) is 0.673.